The molecule has 3 N–H and O–H groups in total. The summed E-state index contributed by atoms with van der Waals surface area (Å²) in [4.78, 5) is 16.3. The number of aliphatic imine (C=N–C) groups is 1. The molecule has 0 atom stereocenters. The molecule has 8 heteroatoms. The normalized spacial score (nSPS) is 12.2. The first kappa shape index (κ1) is 25.9. The third-order valence-electron chi connectivity index (χ3n) is 3.54. The van der Waals surface area contributed by atoms with Crippen molar-refractivity contribution in [3.05, 3.63) is 0 Å². The van der Waals surface area contributed by atoms with Gasteiger partial charge in [-0.15, -0.1) is 24.0 Å². The lowest BCUT2D eigenvalue weighted by Gasteiger charge is -2.34. The predicted octanol–water partition coefficient (Wildman–Crippen LogP) is 3.22. The molecule has 0 heterocycles. The summed E-state index contributed by atoms with van der Waals surface area (Å²) in [5.41, 5.74) is -0.862. The van der Waals surface area contributed by atoms with E-state index in [4.69, 9.17) is 4.74 Å². The summed E-state index contributed by atoms with van der Waals surface area (Å²) in [5.74, 6) is 1.76. The highest BCUT2D eigenvalue weighted by Crippen LogP contribution is 2.16. The third-order valence-corrected chi connectivity index (χ3v) is 4.15. The Morgan fingerprint density at radius 3 is 2.17 bits per heavy atom. The predicted molar refractivity (Wildman–Crippen MR) is 116 cm³/mol. The molecule has 0 rings (SSSR count). The van der Waals surface area contributed by atoms with Gasteiger partial charge in [0, 0.05) is 25.9 Å². The molecule has 144 valence electrons. The third kappa shape index (κ3) is 11.2. The molecule has 0 fully saturated rings. The molecule has 0 aliphatic carbocycles. The van der Waals surface area contributed by atoms with E-state index in [2.05, 4.69) is 41.0 Å². The van der Waals surface area contributed by atoms with Crippen LogP contribution in [0.25, 0.3) is 0 Å². The summed E-state index contributed by atoms with van der Waals surface area (Å²) in [5, 5.41) is 9.58. The lowest BCUT2D eigenvalue weighted by molar-refractivity contribution is 0.0448. The van der Waals surface area contributed by atoms with Gasteiger partial charge in [0.15, 0.2) is 5.96 Å². The molecule has 0 bridgehead atoms. The maximum Gasteiger partial charge on any atom is 0.408 e. The molecule has 1 amide bonds. The van der Waals surface area contributed by atoms with Crippen LogP contribution in [0.5, 0.6) is 0 Å². The van der Waals surface area contributed by atoms with Crippen LogP contribution >= 0.6 is 35.7 Å². The summed E-state index contributed by atoms with van der Waals surface area (Å²) in [6.07, 6.45) is 3.30. The van der Waals surface area contributed by atoms with E-state index in [1.54, 1.807) is 18.8 Å². The number of carbonyl (C=O) groups is 1. The Morgan fingerprint density at radius 1 is 1.17 bits per heavy atom. The number of nitrogens with zero attached hydrogens (tertiary/aromatic N) is 1. The molecule has 0 saturated carbocycles. The van der Waals surface area contributed by atoms with Gasteiger partial charge in [-0.05, 0) is 39.9 Å². The quantitative estimate of drug-likeness (QED) is 0.218. The van der Waals surface area contributed by atoms with Crippen LogP contribution in [-0.4, -0.2) is 55.3 Å². The van der Waals surface area contributed by atoms with Crippen molar-refractivity contribution in [3.63, 3.8) is 0 Å². The Morgan fingerprint density at radius 2 is 1.75 bits per heavy atom. The maximum absolute atomic E-state index is 12.1. The maximum atomic E-state index is 12.1. The number of ether oxygens (including phenoxy) is 1. The monoisotopic (exact) mass is 474 g/mol. The lowest BCUT2D eigenvalue weighted by atomic mass is 9.93. The largest absolute Gasteiger partial charge is 0.444 e. The molecule has 6 nitrogen and oxygen atoms in total. The average molecular weight is 474 g/mol. The van der Waals surface area contributed by atoms with Crippen molar-refractivity contribution in [2.24, 2.45) is 4.99 Å². The molecule has 0 aromatic heterocycles. The highest BCUT2D eigenvalue weighted by atomic mass is 127. The van der Waals surface area contributed by atoms with Gasteiger partial charge in [0.1, 0.15) is 5.60 Å². The van der Waals surface area contributed by atoms with Gasteiger partial charge in [-0.1, -0.05) is 13.8 Å². The van der Waals surface area contributed by atoms with Gasteiger partial charge >= 0.3 is 6.09 Å². The van der Waals surface area contributed by atoms with Crippen molar-refractivity contribution in [2.75, 3.05) is 32.1 Å². The number of hydrogen-bond acceptors (Lipinski definition) is 4. The van der Waals surface area contributed by atoms with Crippen LogP contribution in [0.2, 0.25) is 0 Å². The SMILES string of the molecule is CCC(CC)(CNC(=NC)NCCSC)NC(=O)OC(C)(C)C.I. The number of guanidine groups is 1. The first-order valence-electron chi connectivity index (χ1n) is 8.16. The van der Waals surface area contributed by atoms with E-state index in [1.807, 2.05) is 20.8 Å². The lowest BCUT2D eigenvalue weighted by Crippen LogP contribution is -2.57. The molecule has 0 aromatic carbocycles. The Kier molecular flexibility index (Phi) is 13.9. The van der Waals surface area contributed by atoms with Gasteiger partial charge in [0.2, 0.25) is 0 Å². The van der Waals surface area contributed by atoms with Crippen LogP contribution in [0, 0.1) is 0 Å². The Labute approximate surface area is 168 Å². The first-order chi connectivity index (χ1) is 10.7. The molecule has 0 radical (unpaired) electrons. The molecule has 0 spiro atoms. The van der Waals surface area contributed by atoms with Crippen LogP contribution in [0.1, 0.15) is 47.5 Å². The Bertz CT molecular complexity index is 383. The molecular formula is C16H35IN4O2S. The molecule has 0 unspecified atom stereocenters. The summed E-state index contributed by atoms with van der Waals surface area (Å²) in [7, 11) is 1.75. The fourth-order valence-electron chi connectivity index (χ4n) is 1.99. The van der Waals surface area contributed by atoms with E-state index in [-0.39, 0.29) is 35.6 Å². The fourth-order valence-corrected chi connectivity index (χ4v) is 2.29. The van der Waals surface area contributed by atoms with Gasteiger partial charge < -0.3 is 20.7 Å². The van der Waals surface area contributed by atoms with E-state index in [0.717, 1.165) is 31.1 Å². The highest BCUT2D eigenvalue weighted by Gasteiger charge is 2.30. The number of hydrogen-bond donors (Lipinski definition) is 3. The molecule has 0 saturated heterocycles. The van der Waals surface area contributed by atoms with Gasteiger partial charge in [0.25, 0.3) is 0 Å². The zero-order chi connectivity index (χ0) is 17.9. The summed E-state index contributed by atoms with van der Waals surface area (Å²) in [6.45, 7) is 11.2. The van der Waals surface area contributed by atoms with Crippen molar-refractivity contribution in [3.8, 4) is 0 Å². The van der Waals surface area contributed by atoms with Crippen LogP contribution in [0.3, 0.4) is 0 Å². The zero-order valence-corrected chi connectivity index (χ0v) is 19.3. The number of carbonyl (C=O) groups excluding carboxylic acids is 1. The number of halogens is 1. The number of thioether (sulfide) groups is 1. The minimum atomic E-state index is -0.500. The summed E-state index contributed by atoms with van der Waals surface area (Å²) in [6, 6.07) is 0. The smallest absolute Gasteiger partial charge is 0.408 e. The summed E-state index contributed by atoms with van der Waals surface area (Å²) < 4.78 is 5.38. The van der Waals surface area contributed by atoms with E-state index < -0.39 is 5.60 Å². The van der Waals surface area contributed by atoms with E-state index >= 15 is 0 Å². The molecule has 0 aliphatic rings. The minimum Gasteiger partial charge on any atom is -0.444 e. The standard InChI is InChI=1S/C16H34N4O2S.HI/c1-8-16(9-2,20-14(21)22-15(3,4)5)12-19-13(17-6)18-10-11-23-7;/h8-12H2,1-7H3,(H,20,21)(H2,17,18,19);1H. The second-order valence-corrected chi connectivity index (χ2v) is 7.45. The number of nitrogens with one attached hydrogen (secondary N) is 3. The van der Waals surface area contributed by atoms with Crippen molar-refractivity contribution in [2.45, 2.75) is 58.6 Å². The van der Waals surface area contributed by atoms with Crippen molar-refractivity contribution >= 4 is 47.8 Å². The molecule has 24 heavy (non-hydrogen) atoms. The van der Waals surface area contributed by atoms with Gasteiger partial charge in [-0.25, -0.2) is 4.79 Å². The molecule has 0 aromatic rings. The van der Waals surface area contributed by atoms with E-state index in [1.165, 1.54) is 0 Å². The highest BCUT2D eigenvalue weighted by molar-refractivity contribution is 14.0. The summed E-state index contributed by atoms with van der Waals surface area (Å²) >= 11 is 1.78. The number of rotatable bonds is 8. The van der Waals surface area contributed by atoms with Crippen molar-refractivity contribution in [1.29, 1.82) is 0 Å². The van der Waals surface area contributed by atoms with Gasteiger partial charge in [-0.3, -0.25) is 4.99 Å². The van der Waals surface area contributed by atoms with E-state index in [0.29, 0.717) is 6.54 Å². The average Bonchev–Trinajstić information content (AvgIpc) is 2.47. The Balaban J connectivity index is 0. The van der Waals surface area contributed by atoms with Crippen LogP contribution < -0.4 is 16.0 Å². The zero-order valence-electron chi connectivity index (χ0n) is 16.1. The second kappa shape index (κ2) is 12.9. The molecular weight excluding hydrogens is 439 g/mol. The topological polar surface area (TPSA) is 74.8 Å². The Hall–Kier alpha value is -0.380. The fraction of sp³-hybridized carbons (Fsp3) is 0.875. The van der Waals surface area contributed by atoms with Gasteiger partial charge in [0.05, 0.1) is 5.54 Å². The van der Waals surface area contributed by atoms with Crippen molar-refractivity contribution < 1.29 is 9.53 Å². The minimum absolute atomic E-state index is 0. The number of amides is 1. The number of alkyl carbamates (subject to hydrolysis) is 1. The first-order valence-corrected chi connectivity index (χ1v) is 9.56. The van der Waals surface area contributed by atoms with Gasteiger partial charge in [-0.2, -0.15) is 11.8 Å². The van der Waals surface area contributed by atoms with Crippen LogP contribution in [0.15, 0.2) is 4.99 Å². The molecule has 0 aliphatic heterocycles. The second-order valence-electron chi connectivity index (χ2n) is 6.46. The van der Waals surface area contributed by atoms with Crippen LogP contribution in [0.4, 0.5) is 4.79 Å². The van der Waals surface area contributed by atoms with Crippen molar-refractivity contribution in [1.82, 2.24) is 16.0 Å². The van der Waals surface area contributed by atoms with E-state index in [9.17, 15) is 4.79 Å². The van der Waals surface area contributed by atoms with Crippen LogP contribution in [-0.2, 0) is 4.74 Å².